The SMILES string of the molecule is COc1cc(C(=O)Oc2ccc([N+](=O)[O-])c(C)c2)ccc1C. The highest BCUT2D eigenvalue weighted by Crippen LogP contribution is 2.25. The topological polar surface area (TPSA) is 78.7 Å². The zero-order valence-electron chi connectivity index (χ0n) is 12.5. The Hall–Kier alpha value is -2.89. The number of carbonyl (C=O) groups excluding carboxylic acids is 1. The van der Waals surface area contributed by atoms with Crippen molar-refractivity contribution in [3.05, 3.63) is 63.2 Å². The Bertz CT molecular complexity index is 739. The average molecular weight is 301 g/mol. The lowest BCUT2D eigenvalue weighted by molar-refractivity contribution is -0.385. The third-order valence-corrected chi connectivity index (χ3v) is 3.22. The molecule has 0 spiro atoms. The van der Waals surface area contributed by atoms with Crippen molar-refractivity contribution in [2.24, 2.45) is 0 Å². The summed E-state index contributed by atoms with van der Waals surface area (Å²) in [5.74, 6) is 0.300. The van der Waals surface area contributed by atoms with E-state index in [1.807, 2.05) is 6.92 Å². The van der Waals surface area contributed by atoms with Crippen molar-refractivity contribution < 1.29 is 19.2 Å². The first-order valence-electron chi connectivity index (χ1n) is 6.54. The van der Waals surface area contributed by atoms with Crippen LogP contribution in [0.2, 0.25) is 0 Å². The molecule has 2 aromatic rings. The first kappa shape index (κ1) is 15.5. The first-order chi connectivity index (χ1) is 10.4. The number of aryl methyl sites for hydroxylation is 2. The van der Waals surface area contributed by atoms with Gasteiger partial charge >= 0.3 is 5.97 Å². The number of methoxy groups -OCH3 is 1. The Kier molecular flexibility index (Phi) is 4.41. The Balaban J connectivity index is 2.22. The van der Waals surface area contributed by atoms with E-state index in [9.17, 15) is 14.9 Å². The lowest BCUT2D eigenvalue weighted by atomic mass is 10.1. The molecular weight excluding hydrogens is 286 g/mol. The summed E-state index contributed by atoms with van der Waals surface area (Å²) in [4.78, 5) is 22.4. The van der Waals surface area contributed by atoms with Crippen LogP contribution in [0.5, 0.6) is 11.5 Å². The van der Waals surface area contributed by atoms with Gasteiger partial charge in [0, 0.05) is 11.6 Å². The number of nitro benzene ring substituents is 1. The molecule has 0 saturated carbocycles. The Morgan fingerprint density at radius 1 is 1.09 bits per heavy atom. The number of esters is 1. The molecule has 114 valence electrons. The summed E-state index contributed by atoms with van der Waals surface area (Å²) in [7, 11) is 1.52. The van der Waals surface area contributed by atoms with Crippen LogP contribution in [-0.4, -0.2) is 18.0 Å². The fraction of sp³-hybridized carbons (Fsp3) is 0.188. The van der Waals surface area contributed by atoms with Crippen molar-refractivity contribution in [2.45, 2.75) is 13.8 Å². The van der Waals surface area contributed by atoms with Gasteiger partial charge in [0.2, 0.25) is 0 Å². The third kappa shape index (κ3) is 3.22. The zero-order valence-corrected chi connectivity index (χ0v) is 12.5. The van der Waals surface area contributed by atoms with Crippen LogP contribution in [0.15, 0.2) is 36.4 Å². The van der Waals surface area contributed by atoms with Crippen LogP contribution in [0.1, 0.15) is 21.5 Å². The Labute approximate surface area is 127 Å². The molecule has 6 heteroatoms. The molecule has 0 radical (unpaired) electrons. The van der Waals surface area contributed by atoms with Gasteiger partial charge in [0.05, 0.1) is 17.6 Å². The number of rotatable bonds is 4. The van der Waals surface area contributed by atoms with Crippen LogP contribution in [0.25, 0.3) is 0 Å². The van der Waals surface area contributed by atoms with E-state index in [1.54, 1.807) is 25.1 Å². The molecule has 0 saturated heterocycles. The van der Waals surface area contributed by atoms with Gasteiger partial charge in [-0.1, -0.05) is 6.07 Å². The lowest BCUT2D eigenvalue weighted by Crippen LogP contribution is -2.09. The smallest absolute Gasteiger partial charge is 0.343 e. The highest BCUT2D eigenvalue weighted by Gasteiger charge is 2.14. The van der Waals surface area contributed by atoms with Crippen molar-refractivity contribution >= 4 is 11.7 Å². The average Bonchev–Trinajstić information content (AvgIpc) is 2.47. The van der Waals surface area contributed by atoms with Gasteiger partial charge in [-0.25, -0.2) is 4.79 Å². The van der Waals surface area contributed by atoms with Gasteiger partial charge in [-0.05, 0) is 43.7 Å². The molecule has 0 unspecified atom stereocenters. The van der Waals surface area contributed by atoms with E-state index in [0.717, 1.165) is 5.56 Å². The number of hydrogen-bond acceptors (Lipinski definition) is 5. The van der Waals surface area contributed by atoms with E-state index < -0.39 is 10.9 Å². The van der Waals surface area contributed by atoms with E-state index >= 15 is 0 Å². The van der Waals surface area contributed by atoms with Crippen LogP contribution >= 0.6 is 0 Å². The van der Waals surface area contributed by atoms with E-state index in [4.69, 9.17) is 9.47 Å². The Morgan fingerprint density at radius 3 is 2.41 bits per heavy atom. The molecule has 22 heavy (non-hydrogen) atoms. The second-order valence-corrected chi connectivity index (χ2v) is 4.78. The quantitative estimate of drug-likeness (QED) is 0.374. The zero-order chi connectivity index (χ0) is 16.3. The maximum absolute atomic E-state index is 12.1. The predicted octanol–water partition coefficient (Wildman–Crippen LogP) is 3.44. The summed E-state index contributed by atoms with van der Waals surface area (Å²) in [5.41, 5.74) is 1.66. The number of ether oxygens (including phenoxy) is 2. The van der Waals surface area contributed by atoms with Crippen molar-refractivity contribution in [1.82, 2.24) is 0 Å². The molecule has 0 bridgehead atoms. The van der Waals surface area contributed by atoms with Crippen LogP contribution in [0.4, 0.5) is 5.69 Å². The van der Waals surface area contributed by atoms with Crippen LogP contribution < -0.4 is 9.47 Å². The predicted molar refractivity (Wildman–Crippen MR) is 80.5 cm³/mol. The molecule has 0 aliphatic heterocycles. The number of benzene rings is 2. The normalized spacial score (nSPS) is 10.1. The van der Waals surface area contributed by atoms with Crippen molar-refractivity contribution in [2.75, 3.05) is 7.11 Å². The second-order valence-electron chi connectivity index (χ2n) is 4.78. The summed E-state index contributed by atoms with van der Waals surface area (Å²) >= 11 is 0. The minimum Gasteiger partial charge on any atom is -0.496 e. The van der Waals surface area contributed by atoms with E-state index in [1.165, 1.54) is 25.3 Å². The summed E-state index contributed by atoms with van der Waals surface area (Å²) in [5, 5.41) is 10.8. The maximum atomic E-state index is 12.1. The number of hydrogen-bond donors (Lipinski definition) is 0. The van der Waals surface area contributed by atoms with Crippen LogP contribution in [0, 0.1) is 24.0 Å². The Morgan fingerprint density at radius 2 is 1.82 bits per heavy atom. The highest BCUT2D eigenvalue weighted by molar-refractivity contribution is 5.91. The van der Waals surface area contributed by atoms with Gasteiger partial charge in [0.15, 0.2) is 0 Å². The van der Waals surface area contributed by atoms with Gasteiger partial charge in [-0.15, -0.1) is 0 Å². The van der Waals surface area contributed by atoms with E-state index in [2.05, 4.69) is 0 Å². The number of nitro groups is 1. The fourth-order valence-corrected chi connectivity index (χ4v) is 2.01. The molecule has 0 aliphatic rings. The largest absolute Gasteiger partial charge is 0.496 e. The summed E-state index contributed by atoms with van der Waals surface area (Å²) in [6.45, 7) is 3.46. The molecule has 0 amide bonds. The van der Waals surface area contributed by atoms with Gasteiger partial charge in [0.1, 0.15) is 11.5 Å². The second kappa shape index (κ2) is 6.26. The molecule has 2 aromatic carbocycles. The summed E-state index contributed by atoms with van der Waals surface area (Å²) in [6.07, 6.45) is 0. The van der Waals surface area contributed by atoms with E-state index in [0.29, 0.717) is 16.9 Å². The first-order valence-corrected chi connectivity index (χ1v) is 6.54. The van der Waals surface area contributed by atoms with Crippen molar-refractivity contribution in [3.63, 3.8) is 0 Å². The molecular formula is C16H15NO5. The lowest BCUT2D eigenvalue weighted by Gasteiger charge is -2.08. The number of carbonyl (C=O) groups is 1. The highest BCUT2D eigenvalue weighted by atomic mass is 16.6. The monoisotopic (exact) mass is 301 g/mol. The van der Waals surface area contributed by atoms with E-state index in [-0.39, 0.29) is 11.4 Å². The molecule has 0 fully saturated rings. The number of nitrogens with zero attached hydrogens (tertiary/aromatic N) is 1. The molecule has 0 atom stereocenters. The maximum Gasteiger partial charge on any atom is 0.343 e. The summed E-state index contributed by atoms with van der Waals surface area (Å²) < 4.78 is 10.4. The molecule has 0 aliphatic carbocycles. The van der Waals surface area contributed by atoms with Gasteiger partial charge in [-0.3, -0.25) is 10.1 Å². The summed E-state index contributed by atoms with van der Waals surface area (Å²) in [6, 6.07) is 9.16. The minimum atomic E-state index is -0.549. The molecule has 2 rings (SSSR count). The minimum absolute atomic E-state index is 0.0168. The van der Waals surface area contributed by atoms with Crippen LogP contribution in [0.3, 0.4) is 0 Å². The fourth-order valence-electron chi connectivity index (χ4n) is 2.01. The van der Waals surface area contributed by atoms with Crippen LogP contribution in [-0.2, 0) is 0 Å². The van der Waals surface area contributed by atoms with Gasteiger partial charge < -0.3 is 9.47 Å². The van der Waals surface area contributed by atoms with Gasteiger partial charge in [-0.2, -0.15) is 0 Å². The third-order valence-electron chi connectivity index (χ3n) is 3.22. The molecule has 6 nitrogen and oxygen atoms in total. The van der Waals surface area contributed by atoms with Gasteiger partial charge in [0.25, 0.3) is 5.69 Å². The molecule has 0 aromatic heterocycles. The molecule has 0 N–H and O–H groups in total. The molecule has 0 heterocycles. The standard InChI is InChI=1S/C16H15NO5/c1-10-4-5-12(9-15(10)21-3)16(18)22-13-6-7-14(17(19)20)11(2)8-13/h4-9H,1-3H3. The van der Waals surface area contributed by atoms with Crippen molar-refractivity contribution in [1.29, 1.82) is 0 Å². The van der Waals surface area contributed by atoms with Crippen molar-refractivity contribution in [3.8, 4) is 11.5 Å².